The summed E-state index contributed by atoms with van der Waals surface area (Å²) in [6.45, 7) is 1.79. The highest BCUT2D eigenvalue weighted by Crippen LogP contribution is 2.44. The summed E-state index contributed by atoms with van der Waals surface area (Å²) in [5.41, 5.74) is 6.74. The van der Waals surface area contributed by atoms with E-state index in [0.29, 0.717) is 18.4 Å². The molecule has 0 heterocycles. The zero-order valence-electron chi connectivity index (χ0n) is 9.74. The van der Waals surface area contributed by atoms with E-state index < -0.39 is 11.4 Å². The summed E-state index contributed by atoms with van der Waals surface area (Å²) in [7, 11) is 0. The van der Waals surface area contributed by atoms with Crippen molar-refractivity contribution in [3.05, 3.63) is 35.1 Å². The standard InChI is InChI=1S/C13H16FNO2/c1-8(15)13(7-12(16)17)6-5-9-10(13)3-2-4-11(9)14/h2-4,8H,5-7,15H2,1H3,(H,16,17). The molecular weight excluding hydrogens is 221 g/mol. The van der Waals surface area contributed by atoms with E-state index in [2.05, 4.69) is 0 Å². The lowest BCUT2D eigenvalue weighted by atomic mass is 9.73. The number of fused-ring (bicyclic) bond motifs is 1. The molecule has 2 atom stereocenters. The summed E-state index contributed by atoms with van der Waals surface area (Å²) in [4.78, 5) is 11.0. The van der Waals surface area contributed by atoms with Gasteiger partial charge in [0.1, 0.15) is 5.82 Å². The fourth-order valence-electron chi connectivity index (χ4n) is 2.85. The Balaban J connectivity index is 2.53. The topological polar surface area (TPSA) is 63.3 Å². The summed E-state index contributed by atoms with van der Waals surface area (Å²) in [6, 6.07) is 4.54. The van der Waals surface area contributed by atoms with E-state index in [9.17, 15) is 9.18 Å². The maximum absolute atomic E-state index is 13.6. The molecule has 0 radical (unpaired) electrons. The summed E-state index contributed by atoms with van der Waals surface area (Å²) < 4.78 is 13.6. The molecule has 0 spiro atoms. The molecule has 17 heavy (non-hydrogen) atoms. The van der Waals surface area contributed by atoms with Gasteiger partial charge in [-0.15, -0.1) is 0 Å². The first-order valence-corrected chi connectivity index (χ1v) is 5.72. The summed E-state index contributed by atoms with van der Waals surface area (Å²) in [6.07, 6.45) is 1.13. The first-order chi connectivity index (χ1) is 7.97. The van der Waals surface area contributed by atoms with Crippen LogP contribution in [0.1, 0.15) is 30.9 Å². The van der Waals surface area contributed by atoms with Gasteiger partial charge in [0.15, 0.2) is 0 Å². The van der Waals surface area contributed by atoms with Crippen LogP contribution in [0.2, 0.25) is 0 Å². The Kier molecular flexibility index (Phi) is 2.91. The van der Waals surface area contributed by atoms with Crippen molar-refractivity contribution in [1.82, 2.24) is 0 Å². The molecule has 92 valence electrons. The van der Waals surface area contributed by atoms with E-state index in [1.165, 1.54) is 6.07 Å². The number of nitrogens with two attached hydrogens (primary N) is 1. The molecule has 4 heteroatoms. The highest BCUT2D eigenvalue weighted by Gasteiger charge is 2.44. The predicted molar refractivity (Wildman–Crippen MR) is 62.3 cm³/mol. The molecule has 0 aliphatic heterocycles. The van der Waals surface area contributed by atoms with E-state index >= 15 is 0 Å². The minimum atomic E-state index is -0.889. The van der Waals surface area contributed by atoms with Crippen LogP contribution in [0, 0.1) is 5.82 Å². The van der Waals surface area contributed by atoms with Gasteiger partial charge in [0, 0.05) is 11.5 Å². The van der Waals surface area contributed by atoms with Crippen LogP contribution in [-0.2, 0) is 16.6 Å². The van der Waals surface area contributed by atoms with Gasteiger partial charge in [0.25, 0.3) is 0 Å². The third kappa shape index (κ3) is 1.82. The molecule has 2 rings (SSSR count). The third-order valence-corrected chi connectivity index (χ3v) is 3.81. The van der Waals surface area contributed by atoms with E-state index in [0.717, 1.165) is 5.56 Å². The SMILES string of the molecule is CC(N)C1(CC(=O)O)CCc2c(F)cccc21. The molecule has 0 bridgehead atoms. The normalized spacial score (nSPS) is 24.4. The van der Waals surface area contributed by atoms with Crippen LogP contribution in [0.25, 0.3) is 0 Å². The van der Waals surface area contributed by atoms with Crippen LogP contribution in [0.4, 0.5) is 4.39 Å². The maximum Gasteiger partial charge on any atom is 0.304 e. The zero-order chi connectivity index (χ0) is 12.6. The van der Waals surface area contributed by atoms with Gasteiger partial charge in [0.2, 0.25) is 0 Å². The van der Waals surface area contributed by atoms with Crippen LogP contribution in [0.5, 0.6) is 0 Å². The Hall–Kier alpha value is -1.42. The molecule has 0 saturated heterocycles. The van der Waals surface area contributed by atoms with Crippen molar-refractivity contribution in [3.63, 3.8) is 0 Å². The molecule has 3 nitrogen and oxygen atoms in total. The van der Waals surface area contributed by atoms with Crippen LogP contribution in [0.15, 0.2) is 18.2 Å². The second kappa shape index (κ2) is 4.11. The fourth-order valence-corrected chi connectivity index (χ4v) is 2.85. The van der Waals surface area contributed by atoms with E-state index in [4.69, 9.17) is 10.8 Å². The fraction of sp³-hybridized carbons (Fsp3) is 0.462. The zero-order valence-corrected chi connectivity index (χ0v) is 9.74. The van der Waals surface area contributed by atoms with Gasteiger partial charge in [-0.3, -0.25) is 4.79 Å². The van der Waals surface area contributed by atoms with Crippen LogP contribution >= 0.6 is 0 Å². The van der Waals surface area contributed by atoms with E-state index in [1.54, 1.807) is 19.1 Å². The van der Waals surface area contributed by atoms with Crippen molar-refractivity contribution in [1.29, 1.82) is 0 Å². The van der Waals surface area contributed by atoms with Gasteiger partial charge >= 0.3 is 5.97 Å². The number of hydrogen-bond acceptors (Lipinski definition) is 2. The number of benzene rings is 1. The van der Waals surface area contributed by atoms with Gasteiger partial charge < -0.3 is 10.8 Å². The molecule has 1 aromatic rings. The molecule has 1 aliphatic carbocycles. The van der Waals surface area contributed by atoms with Crippen molar-refractivity contribution in [2.45, 2.75) is 37.6 Å². The van der Waals surface area contributed by atoms with Crippen molar-refractivity contribution < 1.29 is 14.3 Å². The number of rotatable bonds is 3. The molecule has 0 fully saturated rings. The van der Waals surface area contributed by atoms with Crippen molar-refractivity contribution in [3.8, 4) is 0 Å². The van der Waals surface area contributed by atoms with E-state index in [1.807, 2.05) is 0 Å². The third-order valence-electron chi connectivity index (χ3n) is 3.81. The number of carboxylic acids is 1. The van der Waals surface area contributed by atoms with Crippen molar-refractivity contribution in [2.24, 2.45) is 5.73 Å². The number of aliphatic carboxylic acids is 1. The Bertz CT molecular complexity index is 459. The Morgan fingerprint density at radius 2 is 2.35 bits per heavy atom. The summed E-state index contributed by atoms with van der Waals surface area (Å²) >= 11 is 0. The Morgan fingerprint density at radius 3 is 2.94 bits per heavy atom. The summed E-state index contributed by atoms with van der Waals surface area (Å²) in [5.74, 6) is -1.14. The van der Waals surface area contributed by atoms with Gasteiger partial charge in [0.05, 0.1) is 6.42 Å². The average molecular weight is 237 g/mol. The largest absolute Gasteiger partial charge is 0.481 e. The molecular formula is C13H16FNO2. The second-order valence-electron chi connectivity index (χ2n) is 4.78. The predicted octanol–water partition coefficient (Wildman–Crippen LogP) is 1.83. The molecule has 1 aromatic carbocycles. The monoisotopic (exact) mass is 237 g/mol. The minimum Gasteiger partial charge on any atom is -0.481 e. The minimum absolute atomic E-state index is 0.0406. The summed E-state index contributed by atoms with van der Waals surface area (Å²) in [5, 5.41) is 9.03. The molecule has 0 amide bonds. The van der Waals surface area contributed by atoms with Gasteiger partial charge in [-0.2, -0.15) is 0 Å². The quantitative estimate of drug-likeness (QED) is 0.843. The molecule has 2 unspecified atom stereocenters. The van der Waals surface area contributed by atoms with Gasteiger partial charge in [-0.1, -0.05) is 12.1 Å². The van der Waals surface area contributed by atoms with Crippen LogP contribution < -0.4 is 5.73 Å². The Labute approximate surface area is 99.4 Å². The number of hydrogen-bond donors (Lipinski definition) is 2. The number of halogens is 1. The second-order valence-corrected chi connectivity index (χ2v) is 4.78. The first-order valence-electron chi connectivity index (χ1n) is 5.72. The first kappa shape index (κ1) is 12.0. The molecule has 0 aromatic heterocycles. The van der Waals surface area contributed by atoms with Crippen LogP contribution in [0.3, 0.4) is 0 Å². The maximum atomic E-state index is 13.6. The van der Waals surface area contributed by atoms with Gasteiger partial charge in [-0.05, 0) is 37.0 Å². The number of carboxylic acid groups (broad SMARTS) is 1. The van der Waals surface area contributed by atoms with Crippen molar-refractivity contribution in [2.75, 3.05) is 0 Å². The highest BCUT2D eigenvalue weighted by atomic mass is 19.1. The van der Waals surface area contributed by atoms with Crippen molar-refractivity contribution >= 4 is 5.97 Å². The molecule has 3 N–H and O–H groups in total. The highest BCUT2D eigenvalue weighted by molar-refractivity contribution is 5.70. The van der Waals surface area contributed by atoms with E-state index in [-0.39, 0.29) is 18.3 Å². The van der Waals surface area contributed by atoms with Gasteiger partial charge in [-0.25, -0.2) is 4.39 Å². The molecule has 1 aliphatic rings. The number of carbonyl (C=O) groups is 1. The van der Waals surface area contributed by atoms with Crippen LogP contribution in [-0.4, -0.2) is 17.1 Å². The Morgan fingerprint density at radius 1 is 1.65 bits per heavy atom. The lowest BCUT2D eigenvalue weighted by Gasteiger charge is -2.33. The molecule has 0 saturated carbocycles. The smallest absolute Gasteiger partial charge is 0.304 e. The lowest BCUT2D eigenvalue weighted by Crippen LogP contribution is -2.43. The lowest BCUT2D eigenvalue weighted by molar-refractivity contribution is -0.138. The average Bonchev–Trinajstić information content (AvgIpc) is 2.59.